The topological polar surface area (TPSA) is 55.0 Å². The van der Waals surface area contributed by atoms with Crippen LogP contribution in [0.5, 0.6) is 0 Å². The zero-order valence-corrected chi connectivity index (χ0v) is 14.4. The van der Waals surface area contributed by atoms with Gasteiger partial charge in [-0.1, -0.05) is 6.07 Å². The Morgan fingerprint density at radius 2 is 2.09 bits per heavy atom. The second-order valence-corrected chi connectivity index (χ2v) is 7.17. The molecule has 0 fully saturated rings. The first kappa shape index (κ1) is 15.0. The van der Waals surface area contributed by atoms with E-state index < -0.39 is 0 Å². The average molecular weight is 332 g/mol. The monoisotopic (exact) mass is 332 g/mol. The second-order valence-electron chi connectivity index (χ2n) is 5.02. The third-order valence-corrected chi connectivity index (χ3v) is 5.60. The highest BCUT2D eigenvalue weighted by Crippen LogP contribution is 2.37. The van der Waals surface area contributed by atoms with Crippen LogP contribution in [0, 0.1) is 20.8 Å². The van der Waals surface area contributed by atoms with Crippen LogP contribution in [0.2, 0.25) is 0 Å². The number of rotatable bonds is 3. The van der Waals surface area contributed by atoms with Crippen molar-refractivity contribution >= 4 is 28.6 Å². The van der Waals surface area contributed by atoms with Crippen molar-refractivity contribution in [3.63, 3.8) is 0 Å². The molecule has 6 heteroatoms. The lowest BCUT2D eigenvalue weighted by molar-refractivity contribution is 0.0599. The number of thiazole rings is 1. The number of aryl methyl sites for hydroxylation is 2. The first-order valence-electron chi connectivity index (χ1n) is 6.82. The standard InChI is InChI=1S/C16H16N2O2S2/c1-8-12(16(19)20-4)9(2)17-13(8)14-10(3)22-15(18-14)11-6-5-7-21-11/h5-7,17H,1-4H3. The maximum atomic E-state index is 11.9. The molecule has 3 aromatic heterocycles. The van der Waals surface area contributed by atoms with E-state index in [1.807, 2.05) is 25.3 Å². The van der Waals surface area contributed by atoms with Crippen molar-refractivity contribution in [2.24, 2.45) is 0 Å². The fourth-order valence-corrected chi connectivity index (χ4v) is 4.25. The lowest BCUT2D eigenvalue weighted by atomic mass is 10.1. The molecule has 0 spiro atoms. The Kier molecular flexibility index (Phi) is 3.88. The number of nitrogens with one attached hydrogen (secondary N) is 1. The van der Waals surface area contributed by atoms with Crippen molar-refractivity contribution in [1.82, 2.24) is 9.97 Å². The Balaban J connectivity index is 2.11. The first-order chi connectivity index (χ1) is 10.5. The number of ether oxygens (including phenoxy) is 1. The van der Waals surface area contributed by atoms with Crippen molar-refractivity contribution in [1.29, 1.82) is 0 Å². The number of aromatic nitrogens is 2. The van der Waals surface area contributed by atoms with Gasteiger partial charge in [0, 0.05) is 10.6 Å². The van der Waals surface area contributed by atoms with Crippen LogP contribution in [-0.4, -0.2) is 23.0 Å². The summed E-state index contributed by atoms with van der Waals surface area (Å²) in [6.45, 7) is 5.86. The normalized spacial score (nSPS) is 10.9. The van der Waals surface area contributed by atoms with Gasteiger partial charge in [0.05, 0.1) is 23.2 Å². The average Bonchev–Trinajstić information content (AvgIpc) is 3.18. The molecule has 0 aliphatic rings. The SMILES string of the molecule is COC(=O)c1c(C)[nH]c(-c2nc(-c3cccs3)sc2C)c1C. The smallest absolute Gasteiger partial charge is 0.339 e. The fraction of sp³-hybridized carbons (Fsp3) is 0.250. The Bertz CT molecular complexity index is 829. The number of aromatic amines is 1. The van der Waals surface area contributed by atoms with Gasteiger partial charge in [-0.15, -0.1) is 22.7 Å². The highest BCUT2D eigenvalue weighted by molar-refractivity contribution is 7.21. The quantitative estimate of drug-likeness (QED) is 0.714. The second kappa shape index (κ2) is 5.70. The fourth-order valence-electron chi connectivity index (χ4n) is 2.53. The summed E-state index contributed by atoms with van der Waals surface area (Å²) >= 11 is 3.35. The zero-order valence-electron chi connectivity index (χ0n) is 12.8. The van der Waals surface area contributed by atoms with Gasteiger partial charge >= 0.3 is 5.97 Å². The van der Waals surface area contributed by atoms with Crippen LogP contribution in [-0.2, 0) is 4.74 Å². The van der Waals surface area contributed by atoms with Crippen molar-refractivity contribution in [2.45, 2.75) is 20.8 Å². The molecular weight excluding hydrogens is 316 g/mol. The van der Waals surface area contributed by atoms with Crippen molar-refractivity contribution in [3.8, 4) is 21.3 Å². The van der Waals surface area contributed by atoms with Gasteiger partial charge in [0.25, 0.3) is 0 Å². The van der Waals surface area contributed by atoms with E-state index in [1.54, 1.807) is 22.7 Å². The maximum absolute atomic E-state index is 11.9. The molecule has 3 aromatic rings. The molecule has 3 rings (SSSR count). The zero-order chi connectivity index (χ0) is 15.9. The largest absolute Gasteiger partial charge is 0.465 e. The minimum atomic E-state index is -0.316. The number of nitrogens with zero attached hydrogens (tertiary/aromatic N) is 1. The third-order valence-electron chi connectivity index (χ3n) is 3.59. The molecule has 3 heterocycles. The predicted molar refractivity (Wildman–Crippen MR) is 90.8 cm³/mol. The van der Waals surface area contributed by atoms with E-state index in [1.165, 1.54) is 7.11 Å². The van der Waals surface area contributed by atoms with E-state index in [9.17, 15) is 4.79 Å². The number of H-pyrrole nitrogens is 1. The molecule has 0 amide bonds. The third kappa shape index (κ3) is 2.38. The van der Waals surface area contributed by atoms with Gasteiger partial charge in [-0.25, -0.2) is 9.78 Å². The highest BCUT2D eigenvalue weighted by Gasteiger charge is 2.22. The van der Waals surface area contributed by atoms with Gasteiger partial charge in [-0.3, -0.25) is 0 Å². The number of carbonyl (C=O) groups is 1. The summed E-state index contributed by atoms with van der Waals surface area (Å²) in [6, 6.07) is 4.09. The molecule has 0 unspecified atom stereocenters. The lowest BCUT2D eigenvalue weighted by Gasteiger charge is -2.00. The van der Waals surface area contributed by atoms with E-state index in [0.717, 1.165) is 37.4 Å². The van der Waals surface area contributed by atoms with Crippen LogP contribution < -0.4 is 0 Å². The van der Waals surface area contributed by atoms with Gasteiger partial charge in [-0.05, 0) is 37.8 Å². The van der Waals surface area contributed by atoms with Crippen LogP contribution in [0.15, 0.2) is 17.5 Å². The number of hydrogen-bond donors (Lipinski definition) is 1. The molecular formula is C16H16N2O2S2. The van der Waals surface area contributed by atoms with Crippen LogP contribution in [0.25, 0.3) is 21.3 Å². The number of esters is 1. The summed E-state index contributed by atoms with van der Waals surface area (Å²) < 4.78 is 4.87. The van der Waals surface area contributed by atoms with Crippen molar-refractivity contribution < 1.29 is 9.53 Å². The molecule has 0 saturated heterocycles. The van der Waals surface area contributed by atoms with Crippen LogP contribution in [0.1, 0.15) is 26.5 Å². The highest BCUT2D eigenvalue weighted by atomic mass is 32.1. The summed E-state index contributed by atoms with van der Waals surface area (Å²) in [5.41, 5.74) is 4.10. The van der Waals surface area contributed by atoms with Crippen LogP contribution in [0.3, 0.4) is 0 Å². The van der Waals surface area contributed by atoms with E-state index in [2.05, 4.69) is 18.0 Å². The predicted octanol–water partition coefficient (Wildman–Crippen LogP) is 4.58. The molecule has 0 aliphatic carbocycles. The molecule has 4 nitrogen and oxygen atoms in total. The number of hydrogen-bond acceptors (Lipinski definition) is 5. The summed E-state index contributed by atoms with van der Waals surface area (Å²) in [7, 11) is 1.40. The van der Waals surface area contributed by atoms with Crippen molar-refractivity contribution in [2.75, 3.05) is 7.11 Å². The molecule has 114 valence electrons. The maximum Gasteiger partial charge on any atom is 0.339 e. The van der Waals surface area contributed by atoms with Crippen molar-refractivity contribution in [3.05, 3.63) is 39.2 Å². The minimum absolute atomic E-state index is 0.316. The number of carbonyl (C=O) groups excluding carboxylic acids is 1. The van der Waals surface area contributed by atoms with Crippen LogP contribution in [0.4, 0.5) is 0 Å². The van der Waals surface area contributed by atoms with Gasteiger partial charge in [0.1, 0.15) is 10.7 Å². The number of thiophene rings is 1. The summed E-state index contributed by atoms with van der Waals surface area (Å²) in [4.78, 5) is 22.3. The minimum Gasteiger partial charge on any atom is -0.465 e. The Labute approximate surface area is 136 Å². The molecule has 0 radical (unpaired) electrons. The van der Waals surface area contributed by atoms with Gasteiger partial charge in [-0.2, -0.15) is 0 Å². The van der Waals surface area contributed by atoms with E-state index in [-0.39, 0.29) is 5.97 Å². The lowest BCUT2D eigenvalue weighted by Crippen LogP contribution is -2.03. The summed E-state index contributed by atoms with van der Waals surface area (Å²) in [5.74, 6) is -0.316. The molecule has 1 N–H and O–H groups in total. The van der Waals surface area contributed by atoms with Gasteiger partial charge in [0.2, 0.25) is 0 Å². The van der Waals surface area contributed by atoms with Gasteiger partial charge in [0.15, 0.2) is 0 Å². The molecule has 0 bridgehead atoms. The molecule has 0 saturated carbocycles. The van der Waals surface area contributed by atoms with E-state index in [4.69, 9.17) is 9.72 Å². The summed E-state index contributed by atoms with van der Waals surface area (Å²) in [5, 5.41) is 3.05. The molecule has 0 aliphatic heterocycles. The summed E-state index contributed by atoms with van der Waals surface area (Å²) in [6.07, 6.45) is 0. The van der Waals surface area contributed by atoms with E-state index in [0.29, 0.717) is 5.56 Å². The molecule has 22 heavy (non-hydrogen) atoms. The van der Waals surface area contributed by atoms with Crippen LogP contribution >= 0.6 is 22.7 Å². The molecule has 0 aromatic carbocycles. The number of methoxy groups -OCH3 is 1. The Morgan fingerprint density at radius 3 is 2.73 bits per heavy atom. The van der Waals surface area contributed by atoms with Gasteiger partial charge < -0.3 is 9.72 Å². The van der Waals surface area contributed by atoms with E-state index >= 15 is 0 Å². The molecule has 0 atom stereocenters. The Hall–Kier alpha value is -1.92. The Morgan fingerprint density at radius 1 is 1.32 bits per heavy atom. The first-order valence-corrected chi connectivity index (χ1v) is 8.51.